The van der Waals surface area contributed by atoms with Crippen molar-refractivity contribution in [3.8, 4) is 0 Å². The molecule has 4 heterocycles. The molecule has 0 fully saturated rings. The number of hydrogen-bond acceptors (Lipinski definition) is 6. The minimum Gasteiger partial charge on any atom is -0.467 e. The lowest BCUT2D eigenvalue weighted by molar-refractivity contribution is 0.501. The Morgan fingerprint density at radius 2 is 2.09 bits per heavy atom. The molecule has 0 bridgehead atoms. The van der Waals surface area contributed by atoms with Gasteiger partial charge in [0.15, 0.2) is 5.82 Å². The lowest BCUT2D eigenvalue weighted by Crippen LogP contribution is -2.23. The molecule has 4 aromatic heterocycles. The summed E-state index contributed by atoms with van der Waals surface area (Å²) in [6.45, 7) is 1.35. The fourth-order valence-electron chi connectivity index (χ4n) is 2.51. The minimum absolute atomic E-state index is 0.645. The Balaban J connectivity index is 1.73. The van der Waals surface area contributed by atoms with Crippen molar-refractivity contribution in [2.24, 2.45) is 0 Å². The molecule has 0 atom stereocenters. The number of anilines is 1. The van der Waals surface area contributed by atoms with E-state index in [1.165, 1.54) is 0 Å². The number of pyridine rings is 1. The minimum atomic E-state index is 0.645. The summed E-state index contributed by atoms with van der Waals surface area (Å²) in [6.07, 6.45) is 6.96. The van der Waals surface area contributed by atoms with Crippen molar-refractivity contribution in [2.45, 2.75) is 13.1 Å². The zero-order chi connectivity index (χ0) is 15.5. The van der Waals surface area contributed by atoms with Crippen LogP contribution in [0.2, 0.25) is 0 Å². The highest BCUT2D eigenvalue weighted by molar-refractivity contribution is 7.17. The fraction of sp³-hybridized carbons (Fsp3) is 0.118. The van der Waals surface area contributed by atoms with Crippen LogP contribution >= 0.6 is 11.3 Å². The predicted octanol–water partition coefficient (Wildman–Crippen LogP) is 3.89. The van der Waals surface area contributed by atoms with Crippen molar-refractivity contribution in [1.29, 1.82) is 0 Å². The Morgan fingerprint density at radius 1 is 1.09 bits per heavy atom. The molecule has 0 spiro atoms. The summed E-state index contributed by atoms with van der Waals surface area (Å²) in [4.78, 5) is 15.2. The Kier molecular flexibility index (Phi) is 3.73. The van der Waals surface area contributed by atoms with Gasteiger partial charge in [-0.1, -0.05) is 6.07 Å². The zero-order valence-electron chi connectivity index (χ0n) is 12.3. The maximum atomic E-state index is 5.52. The average molecular weight is 322 g/mol. The number of fused-ring (bicyclic) bond motifs is 1. The van der Waals surface area contributed by atoms with Crippen molar-refractivity contribution in [2.75, 3.05) is 4.90 Å². The van der Waals surface area contributed by atoms with E-state index in [4.69, 9.17) is 4.42 Å². The van der Waals surface area contributed by atoms with Crippen LogP contribution in [0.1, 0.15) is 11.3 Å². The summed E-state index contributed by atoms with van der Waals surface area (Å²) in [6, 6.07) is 9.90. The van der Waals surface area contributed by atoms with E-state index in [9.17, 15) is 0 Å². The maximum Gasteiger partial charge on any atom is 0.150 e. The van der Waals surface area contributed by atoms with Gasteiger partial charge in [-0.2, -0.15) is 0 Å². The maximum absolute atomic E-state index is 5.52. The van der Waals surface area contributed by atoms with E-state index >= 15 is 0 Å². The highest BCUT2D eigenvalue weighted by Crippen LogP contribution is 2.29. The monoisotopic (exact) mass is 322 g/mol. The summed E-state index contributed by atoms with van der Waals surface area (Å²) >= 11 is 1.65. The quantitative estimate of drug-likeness (QED) is 0.558. The molecule has 0 amide bonds. The van der Waals surface area contributed by atoms with E-state index in [2.05, 4.69) is 25.9 Å². The first-order valence-electron chi connectivity index (χ1n) is 7.24. The van der Waals surface area contributed by atoms with Crippen molar-refractivity contribution in [1.82, 2.24) is 15.0 Å². The molecular weight excluding hydrogens is 308 g/mol. The third kappa shape index (κ3) is 2.93. The normalized spacial score (nSPS) is 11.0. The molecule has 114 valence electrons. The third-order valence-electron chi connectivity index (χ3n) is 3.55. The Hall–Kier alpha value is -2.73. The van der Waals surface area contributed by atoms with Gasteiger partial charge in [0.2, 0.25) is 0 Å². The first-order valence-corrected chi connectivity index (χ1v) is 8.12. The molecule has 0 unspecified atom stereocenters. The van der Waals surface area contributed by atoms with Crippen LogP contribution in [0.15, 0.2) is 65.1 Å². The van der Waals surface area contributed by atoms with Gasteiger partial charge in [-0.05, 0) is 35.2 Å². The second-order valence-electron chi connectivity index (χ2n) is 5.13. The number of furan rings is 1. The molecule has 0 saturated heterocycles. The van der Waals surface area contributed by atoms with Crippen LogP contribution in [0.3, 0.4) is 0 Å². The van der Waals surface area contributed by atoms with E-state index in [0.717, 1.165) is 27.4 Å². The van der Waals surface area contributed by atoms with Gasteiger partial charge in [0.25, 0.3) is 0 Å². The van der Waals surface area contributed by atoms with E-state index in [1.54, 1.807) is 30.1 Å². The zero-order valence-corrected chi connectivity index (χ0v) is 13.1. The molecule has 0 saturated carbocycles. The highest BCUT2D eigenvalue weighted by atomic mass is 32.1. The second kappa shape index (κ2) is 6.18. The summed E-state index contributed by atoms with van der Waals surface area (Å²) in [5.74, 6) is 1.82. The van der Waals surface area contributed by atoms with Gasteiger partial charge in [0.05, 0.1) is 23.0 Å². The number of rotatable bonds is 5. The first-order chi connectivity index (χ1) is 11.4. The van der Waals surface area contributed by atoms with E-state index in [-0.39, 0.29) is 0 Å². The number of thiophene rings is 1. The van der Waals surface area contributed by atoms with Gasteiger partial charge < -0.3 is 9.32 Å². The second-order valence-corrected chi connectivity index (χ2v) is 6.05. The third-order valence-corrected chi connectivity index (χ3v) is 4.45. The van der Waals surface area contributed by atoms with Crippen LogP contribution in [0.25, 0.3) is 10.2 Å². The Bertz CT molecular complexity index is 889. The molecule has 23 heavy (non-hydrogen) atoms. The fourth-order valence-corrected chi connectivity index (χ4v) is 3.37. The van der Waals surface area contributed by atoms with Gasteiger partial charge >= 0.3 is 0 Å². The van der Waals surface area contributed by atoms with Crippen molar-refractivity contribution in [3.05, 3.63) is 72.0 Å². The molecule has 0 aromatic carbocycles. The first kappa shape index (κ1) is 13.9. The molecule has 6 heteroatoms. The Labute approximate surface area is 137 Å². The largest absolute Gasteiger partial charge is 0.467 e. The molecule has 0 N–H and O–H groups in total. The van der Waals surface area contributed by atoms with Crippen LogP contribution in [0, 0.1) is 0 Å². The molecule has 0 aliphatic carbocycles. The SMILES string of the molecule is c1cncc(CN(Cc2ccco2)c2ncnc3ccsc23)c1. The topological polar surface area (TPSA) is 55.1 Å². The van der Waals surface area contributed by atoms with Crippen molar-refractivity contribution in [3.63, 3.8) is 0 Å². The van der Waals surface area contributed by atoms with Crippen molar-refractivity contribution < 1.29 is 4.42 Å². The smallest absolute Gasteiger partial charge is 0.150 e. The molecular formula is C17H14N4OS. The predicted molar refractivity (Wildman–Crippen MR) is 90.2 cm³/mol. The van der Waals surface area contributed by atoms with Crippen LogP contribution in [-0.2, 0) is 13.1 Å². The Morgan fingerprint density at radius 3 is 2.91 bits per heavy atom. The summed E-state index contributed by atoms with van der Waals surface area (Å²) in [5, 5.41) is 2.04. The van der Waals surface area contributed by atoms with Gasteiger partial charge in [-0.15, -0.1) is 11.3 Å². The van der Waals surface area contributed by atoms with Gasteiger partial charge in [0, 0.05) is 18.9 Å². The summed E-state index contributed by atoms with van der Waals surface area (Å²) in [5.41, 5.74) is 2.10. The van der Waals surface area contributed by atoms with Crippen LogP contribution in [0.4, 0.5) is 5.82 Å². The summed E-state index contributed by atoms with van der Waals surface area (Å²) in [7, 11) is 0. The number of hydrogen-bond donors (Lipinski definition) is 0. The van der Waals surface area contributed by atoms with E-state index in [1.807, 2.05) is 35.8 Å². The number of aromatic nitrogens is 3. The molecule has 5 nitrogen and oxygen atoms in total. The highest BCUT2D eigenvalue weighted by Gasteiger charge is 2.16. The van der Waals surface area contributed by atoms with E-state index < -0.39 is 0 Å². The molecule has 0 aliphatic heterocycles. The number of nitrogens with zero attached hydrogens (tertiary/aromatic N) is 4. The van der Waals surface area contributed by atoms with Crippen molar-refractivity contribution >= 4 is 27.4 Å². The van der Waals surface area contributed by atoms with Gasteiger partial charge in [-0.3, -0.25) is 4.98 Å². The van der Waals surface area contributed by atoms with Crippen LogP contribution in [-0.4, -0.2) is 15.0 Å². The van der Waals surface area contributed by atoms with Gasteiger partial charge in [0.1, 0.15) is 12.1 Å². The molecule has 0 radical (unpaired) electrons. The lowest BCUT2D eigenvalue weighted by atomic mass is 10.2. The standard InChI is InChI=1S/C17H14N4OS/c1-3-13(9-18-6-1)10-21(11-14-4-2-7-22-14)17-16-15(5-8-23-16)19-12-20-17/h1-9,12H,10-11H2. The molecule has 0 aliphatic rings. The van der Waals surface area contributed by atoms with Crippen LogP contribution in [0.5, 0.6) is 0 Å². The summed E-state index contributed by atoms with van der Waals surface area (Å²) < 4.78 is 6.61. The van der Waals surface area contributed by atoms with Crippen LogP contribution < -0.4 is 4.90 Å². The molecule has 4 rings (SSSR count). The van der Waals surface area contributed by atoms with E-state index in [0.29, 0.717) is 13.1 Å². The lowest BCUT2D eigenvalue weighted by Gasteiger charge is -2.23. The molecule has 4 aromatic rings. The van der Waals surface area contributed by atoms with Gasteiger partial charge in [-0.25, -0.2) is 9.97 Å². The average Bonchev–Trinajstić information content (AvgIpc) is 3.26.